The van der Waals surface area contributed by atoms with Crippen LogP contribution in [-0.4, -0.2) is 19.9 Å². The Morgan fingerprint density at radius 3 is 2.72 bits per heavy atom. The first-order chi connectivity index (χ1) is 11.9. The van der Waals surface area contributed by atoms with E-state index in [1.54, 1.807) is 12.1 Å². The molecule has 2 atom stereocenters. The van der Waals surface area contributed by atoms with Crippen molar-refractivity contribution >= 4 is 15.9 Å². The van der Waals surface area contributed by atoms with Crippen LogP contribution in [0.4, 0.5) is 0 Å². The molecule has 1 aliphatic carbocycles. The summed E-state index contributed by atoms with van der Waals surface area (Å²) in [4.78, 5) is 12.5. The fraction of sp³-hybridized carbons (Fsp3) is 0.526. The number of nitrogens with two attached hydrogens (primary N) is 1. The van der Waals surface area contributed by atoms with E-state index in [1.165, 1.54) is 18.9 Å². The van der Waals surface area contributed by atoms with Gasteiger partial charge in [0.15, 0.2) is 0 Å². The van der Waals surface area contributed by atoms with Crippen LogP contribution in [0.1, 0.15) is 50.5 Å². The third-order valence-electron chi connectivity index (χ3n) is 5.12. The highest BCUT2D eigenvalue weighted by Crippen LogP contribution is 2.42. The number of rotatable bonds is 0. The number of aryl methyl sites for hydroxylation is 1. The predicted octanol–water partition coefficient (Wildman–Crippen LogP) is 2.66. The van der Waals surface area contributed by atoms with Crippen LogP contribution in [0.5, 0.6) is 0 Å². The van der Waals surface area contributed by atoms with Gasteiger partial charge in [-0.15, -0.1) is 0 Å². The molecule has 25 heavy (non-hydrogen) atoms. The third kappa shape index (κ3) is 4.30. The van der Waals surface area contributed by atoms with Crippen LogP contribution in [0.3, 0.4) is 0 Å². The van der Waals surface area contributed by atoms with E-state index in [-0.39, 0.29) is 10.8 Å². The maximum absolute atomic E-state index is 12.5. The normalized spacial score (nSPS) is 30.0. The topological polar surface area (TPSA) is 89.3 Å². The van der Waals surface area contributed by atoms with Gasteiger partial charge in [0.25, 0.3) is 15.9 Å². The zero-order chi connectivity index (χ0) is 17.9. The Morgan fingerprint density at radius 1 is 1.12 bits per heavy atom. The van der Waals surface area contributed by atoms with Crippen molar-refractivity contribution in [3.63, 3.8) is 0 Å². The Bertz CT molecular complexity index is 773. The van der Waals surface area contributed by atoms with Crippen molar-refractivity contribution in [2.75, 3.05) is 0 Å². The minimum absolute atomic E-state index is 0.0790. The highest BCUT2D eigenvalue weighted by atomic mass is 32.2. The number of carbonyl (C=O) groups excluding carboxylic acids is 1. The molecule has 3 rings (SSSR count). The summed E-state index contributed by atoms with van der Waals surface area (Å²) < 4.78 is 27.2. The summed E-state index contributed by atoms with van der Waals surface area (Å²) in [5.41, 5.74) is 5.98. The summed E-state index contributed by atoms with van der Waals surface area (Å²) in [7, 11) is -3.89. The van der Waals surface area contributed by atoms with Crippen molar-refractivity contribution in [1.29, 1.82) is 0 Å². The van der Waals surface area contributed by atoms with Gasteiger partial charge < -0.3 is 5.73 Å². The van der Waals surface area contributed by atoms with E-state index >= 15 is 0 Å². The van der Waals surface area contributed by atoms with Crippen molar-refractivity contribution in [3.05, 3.63) is 42.0 Å². The Hall–Kier alpha value is -1.66. The van der Waals surface area contributed by atoms with Crippen LogP contribution in [0, 0.1) is 5.92 Å². The smallest absolute Gasteiger partial charge is 0.264 e. The molecular formula is C19H26N2O3S. The fourth-order valence-electron chi connectivity index (χ4n) is 3.33. The van der Waals surface area contributed by atoms with Gasteiger partial charge in [-0.05, 0) is 49.8 Å². The van der Waals surface area contributed by atoms with E-state index in [0.29, 0.717) is 6.42 Å². The van der Waals surface area contributed by atoms with E-state index in [9.17, 15) is 13.2 Å². The second-order valence-corrected chi connectivity index (χ2v) is 8.85. The molecule has 6 heteroatoms. The van der Waals surface area contributed by atoms with Gasteiger partial charge in [0, 0.05) is 5.92 Å². The van der Waals surface area contributed by atoms with Gasteiger partial charge in [-0.1, -0.05) is 43.5 Å². The second-order valence-electron chi connectivity index (χ2n) is 7.17. The summed E-state index contributed by atoms with van der Waals surface area (Å²) in [6.45, 7) is 0. The van der Waals surface area contributed by atoms with Crippen molar-refractivity contribution in [2.24, 2.45) is 11.7 Å². The molecule has 1 fully saturated rings. The summed E-state index contributed by atoms with van der Waals surface area (Å²) >= 11 is 0. The number of hydrogen-bond acceptors (Lipinski definition) is 4. The number of sulfonamides is 1. The molecule has 1 heterocycles. The zero-order valence-corrected chi connectivity index (χ0v) is 15.2. The summed E-state index contributed by atoms with van der Waals surface area (Å²) in [5.74, 6) is -0.693. The minimum atomic E-state index is -3.89. The van der Waals surface area contributed by atoms with Crippen molar-refractivity contribution < 1.29 is 13.2 Å². The SMILES string of the molecule is N[C@]12C[C@H]1C=CCCCCCCCc1cccc(c1)S(=O)(=O)NC2=O. The molecule has 1 saturated carbocycles. The van der Waals surface area contributed by atoms with Crippen LogP contribution in [-0.2, 0) is 21.2 Å². The Morgan fingerprint density at radius 2 is 1.88 bits per heavy atom. The molecule has 1 aromatic rings. The summed E-state index contributed by atoms with van der Waals surface area (Å²) in [5, 5.41) is 0. The molecule has 3 N–H and O–H groups in total. The lowest BCUT2D eigenvalue weighted by Crippen LogP contribution is -2.46. The van der Waals surface area contributed by atoms with Crippen molar-refractivity contribution in [3.8, 4) is 0 Å². The number of allylic oxidation sites excluding steroid dienone is 1. The third-order valence-corrected chi connectivity index (χ3v) is 6.45. The molecule has 136 valence electrons. The molecule has 0 radical (unpaired) electrons. The van der Waals surface area contributed by atoms with Crippen LogP contribution in [0.2, 0.25) is 0 Å². The number of benzene rings is 1. The van der Waals surface area contributed by atoms with E-state index < -0.39 is 21.5 Å². The minimum Gasteiger partial charge on any atom is -0.317 e. The molecule has 1 aliphatic heterocycles. The molecule has 2 bridgehead atoms. The van der Waals surface area contributed by atoms with Crippen LogP contribution >= 0.6 is 0 Å². The van der Waals surface area contributed by atoms with Gasteiger partial charge in [-0.25, -0.2) is 13.1 Å². The molecule has 0 aromatic heterocycles. The number of amides is 1. The van der Waals surface area contributed by atoms with Crippen LogP contribution < -0.4 is 10.5 Å². The van der Waals surface area contributed by atoms with Crippen LogP contribution in [0.25, 0.3) is 0 Å². The van der Waals surface area contributed by atoms with E-state index in [1.807, 2.05) is 12.1 Å². The molecule has 5 nitrogen and oxygen atoms in total. The van der Waals surface area contributed by atoms with Gasteiger partial charge in [0.1, 0.15) is 5.54 Å². The molecule has 1 amide bonds. The number of carbonyl (C=O) groups is 1. The lowest BCUT2D eigenvalue weighted by Gasteiger charge is -2.12. The van der Waals surface area contributed by atoms with E-state index in [4.69, 9.17) is 5.73 Å². The lowest BCUT2D eigenvalue weighted by atomic mass is 10.0. The largest absolute Gasteiger partial charge is 0.317 e. The van der Waals surface area contributed by atoms with Gasteiger partial charge in [-0.3, -0.25) is 4.79 Å². The highest BCUT2D eigenvalue weighted by Gasteiger charge is 2.56. The maximum Gasteiger partial charge on any atom is 0.264 e. The first-order valence-electron chi connectivity index (χ1n) is 9.03. The average Bonchev–Trinajstić information content (AvgIpc) is 3.24. The van der Waals surface area contributed by atoms with Gasteiger partial charge in [0.2, 0.25) is 0 Å². The maximum atomic E-state index is 12.5. The van der Waals surface area contributed by atoms with Crippen LogP contribution in [0.15, 0.2) is 41.3 Å². The van der Waals surface area contributed by atoms with E-state index in [0.717, 1.165) is 37.7 Å². The summed E-state index contributed by atoms with van der Waals surface area (Å²) in [6, 6.07) is 6.83. The van der Waals surface area contributed by atoms with Gasteiger partial charge in [-0.2, -0.15) is 0 Å². The predicted molar refractivity (Wildman–Crippen MR) is 97.3 cm³/mol. The van der Waals surface area contributed by atoms with Crippen molar-refractivity contribution in [1.82, 2.24) is 4.72 Å². The molecule has 0 saturated heterocycles. The van der Waals surface area contributed by atoms with Gasteiger partial charge >= 0.3 is 0 Å². The lowest BCUT2D eigenvalue weighted by molar-refractivity contribution is -0.121. The number of fused-ring (bicyclic) bond motifs is 3. The van der Waals surface area contributed by atoms with Crippen molar-refractivity contribution in [2.45, 2.75) is 61.8 Å². The average molecular weight is 362 g/mol. The quantitative estimate of drug-likeness (QED) is 0.694. The zero-order valence-electron chi connectivity index (χ0n) is 14.4. The van der Waals surface area contributed by atoms with Gasteiger partial charge in [0.05, 0.1) is 4.90 Å². The Balaban J connectivity index is 1.82. The summed E-state index contributed by atoms with van der Waals surface area (Å²) in [6.07, 6.45) is 12.1. The molecular weight excluding hydrogens is 336 g/mol. The molecule has 2 aliphatic rings. The number of hydrogen-bond donors (Lipinski definition) is 2. The highest BCUT2D eigenvalue weighted by molar-refractivity contribution is 7.90. The molecule has 0 unspecified atom stereocenters. The monoisotopic (exact) mass is 362 g/mol. The van der Waals surface area contributed by atoms with E-state index in [2.05, 4.69) is 10.8 Å². The molecule has 1 aromatic carbocycles. The first-order valence-corrected chi connectivity index (χ1v) is 10.5. The molecule has 0 spiro atoms. The Kier molecular flexibility index (Phi) is 5.29. The number of nitrogens with one attached hydrogen (secondary N) is 1. The first kappa shape index (κ1) is 18.1. The Labute approximate surface area is 149 Å². The standard InChI is InChI=1S/C19H26N2O3S/c20-19-14-16(19)11-7-5-3-1-2-4-6-9-15-10-8-12-17(13-15)25(23,24)21-18(19)22/h7-8,10-13,16H,1-6,9,14,20H2,(H,21,22)/t16-,19-/m1/s1. The second kappa shape index (κ2) is 7.30. The fourth-order valence-corrected chi connectivity index (χ4v) is 4.45.